The van der Waals surface area contributed by atoms with Gasteiger partial charge in [-0.3, -0.25) is 9.98 Å². The fraction of sp³-hybridized carbons (Fsp3) is 0. The van der Waals surface area contributed by atoms with Gasteiger partial charge in [0.25, 0.3) is 0 Å². The van der Waals surface area contributed by atoms with E-state index in [0.717, 1.165) is 44.3 Å². The lowest BCUT2D eigenvalue weighted by atomic mass is 10.0. The van der Waals surface area contributed by atoms with Crippen molar-refractivity contribution in [3.63, 3.8) is 0 Å². The van der Waals surface area contributed by atoms with Crippen molar-refractivity contribution in [2.75, 3.05) is 0 Å². The Morgan fingerprint density at radius 2 is 1.19 bits per heavy atom. The first kappa shape index (κ1) is 19.6. The summed E-state index contributed by atoms with van der Waals surface area (Å²) in [6.45, 7) is 7.40. The maximum absolute atomic E-state index is 4.79. The Balaban J connectivity index is 1.40. The summed E-state index contributed by atoms with van der Waals surface area (Å²) in [5.41, 5.74) is 8.02. The average Bonchev–Trinajstić information content (AvgIpc) is 2.86. The molecule has 0 unspecified atom stereocenters. The van der Waals surface area contributed by atoms with Crippen molar-refractivity contribution >= 4 is 52.2 Å². The lowest BCUT2D eigenvalue weighted by Crippen LogP contribution is -1.84. The quantitative estimate of drug-likeness (QED) is 0.215. The number of benzene rings is 4. The van der Waals surface area contributed by atoms with Crippen molar-refractivity contribution < 1.29 is 0 Å². The smallest absolute Gasteiger partial charge is 0.0731 e. The molecule has 0 radical (unpaired) electrons. The molecule has 0 saturated heterocycles. The van der Waals surface area contributed by atoms with Crippen LogP contribution in [0, 0.1) is 0 Å². The molecule has 3 nitrogen and oxygen atoms in total. The molecule has 0 N–H and O–H groups in total. The minimum atomic E-state index is 0.818. The molecule has 5 aromatic rings. The maximum Gasteiger partial charge on any atom is 0.0731 e. The number of aliphatic imine (C=N–C) groups is 2. The molecule has 0 saturated carbocycles. The number of nitrogens with zero attached hydrogens (tertiary/aromatic N) is 3. The van der Waals surface area contributed by atoms with Crippen molar-refractivity contribution in [3.05, 3.63) is 109 Å². The van der Waals surface area contributed by atoms with Gasteiger partial charge in [-0.25, -0.2) is 4.98 Å². The molecule has 0 atom stereocenters. The summed E-state index contributed by atoms with van der Waals surface area (Å²) in [7, 11) is 0. The van der Waals surface area contributed by atoms with Gasteiger partial charge in [-0.1, -0.05) is 73.3 Å². The topological polar surface area (TPSA) is 37.6 Å². The molecular formula is C29H21N3. The van der Waals surface area contributed by atoms with E-state index >= 15 is 0 Å². The first-order valence-corrected chi connectivity index (χ1v) is 10.4. The fourth-order valence-corrected chi connectivity index (χ4v) is 3.70. The van der Waals surface area contributed by atoms with Crippen LogP contribution >= 0.6 is 0 Å². The highest BCUT2D eigenvalue weighted by atomic mass is 14.7. The SMILES string of the molecule is C=Cc1ccc(-c2ccc(C=Nc3ccc4cc5ccc(N=C)cc5nc4c3)cc2)cc1. The number of hydrogen-bond acceptors (Lipinski definition) is 3. The Bertz CT molecular complexity index is 1480. The summed E-state index contributed by atoms with van der Waals surface area (Å²) in [5.74, 6) is 0. The average molecular weight is 412 g/mol. The van der Waals surface area contributed by atoms with Crippen LogP contribution in [-0.2, 0) is 0 Å². The Kier molecular flexibility index (Phi) is 5.14. The van der Waals surface area contributed by atoms with Gasteiger partial charge in [0.1, 0.15) is 0 Å². The Hall–Kier alpha value is -4.37. The van der Waals surface area contributed by atoms with Gasteiger partial charge in [-0.15, -0.1) is 0 Å². The van der Waals surface area contributed by atoms with Gasteiger partial charge in [-0.2, -0.15) is 0 Å². The standard InChI is InChI=1S/C29H21N3/c1-3-20-4-8-22(9-5-20)23-10-6-21(7-11-23)19-31-27-15-13-25-16-24-12-14-26(30-2)17-28(24)32-29(25)18-27/h3-19H,1-2H2. The molecule has 0 aliphatic heterocycles. The second-order valence-electron chi connectivity index (χ2n) is 7.61. The van der Waals surface area contributed by atoms with Crippen LogP contribution in [-0.4, -0.2) is 17.9 Å². The van der Waals surface area contributed by atoms with Gasteiger partial charge >= 0.3 is 0 Å². The van der Waals surface area contributed by atoms with E-state index in [-0.39, 0.29) is 0 Å². The molecule has 5 rings (SSSR count). The molecule has 0 amide bonds. The van der Waals surface area contributed by atoms with Gasteiger partial charge in [0.15, 0.2) is 0 Å². The van der Waals surface area contributed by atoms with Gasteiger partial charge in [0.2, 0.25) is 0 Å². The third kappa shape index (κ3) is 3.96. The molecule has 0 spiro atoms. The number of fused-ring (bicyclic) bond motifs is 2. The van der Waals surface area contributed by atoms with Crippen LogP contribution in [0.1, 0.15) is 11.1 Å². The van der Waals surface area contributed by atoms with Crippen LogP contribution in [0.25, 0.3) is 39.0 Å². The van der Waals surface area contributed by atoms with Crippen LogP contribution in [0.4, 0.5) is 11.4 Å². The van der Waals surface area contributed by atoms with Crippen LogP contribution in [0.15, 0.2) is 108 Å². The zero-order valence-electron chi connectivity index (χ0n) is 17.6. The Labute approximate surface area is 187 Å². The monoisotopic (exact) mass is 411 g/mol. The minimum absolute atomic E-state index is 0.818. The predicted molar refractivity (Wildman–Crippen MR) is 138 cm³/mol. The third-order valence-electron chi connectivity index (χ3n) is 5.52. The molecule has 1 heterocycles. The van der Waals surface area contributed by atoms with Gasteiger partial charge < -0.3 is 0 Å². The lowest BCUT2D eigenvalue weighted by Gasteiger charge is -2.04. The summed E-state index contributed by atoms with van der Waals surface area (Å²) in [6, 6.07) is 30.9. The normalized spacial score (nSPS) is 11.2. The summed E-state index contributed by atoms with van der Waals surface area (Å²) >= 11 is 0. The number of hydrogen-bond donors (Lipinski definition) is 0. The first-order valence-electron chi connectivity index (χ1n) is 10.4. The van der Waals surface area contributed by atoms with Crippen molar-refractivity contribution in [2.24, 2.45) is 9.98 Å². The van der Waals surface area contributed by atoms with Gasteiger partial charge in [-0.05, 0) is 59.3 Å². The number of aromatic nitrogens is 1. The van der Waals surface area contributed by atoms with Crippen LogP contribution in [0.2, 0.25) is 0 Å². The molecule has 0 fully saturated rings. The van der Waals surface area contributed by atoms with Crippen molar-refractivity contribution in [3.8, 4) is 11.1 Å². The molecule has 0 aliphatic carbocycles. The third-order valence-corrected chi connectivity index (χ3v) is 5.52. The van der Waals surface area contributed by atoms with E-state index in [9.17, 15) is 0 Å². The van der Waals surface area contributed by atoms with E-state index in [2.05, 4.69) is 83.9 Å². The number of rotatable bonds is 5. The van der Waals surface area contributed by atoms with Crippen molar-refractivity contribution in [1.29, 1.82) is 0 Å². The molecule has 1 aromatic heterocycles. The second kappa shape index (κ2) is 8.40. The highest BCUT2D eigenvalue weighted by Gasteiger charge is 2.03. The van der Waals surface area contributed by atoms with Crippen LogP contribution < -0.4 is 0 Å². The van der Waals surface area contributed by atoms with E-state index in [4.69, 9.17) is 4.98 Å². The Morgan fingerprint density at radius 1 is 0.625 bits per heavy atom. The molecule has 32 heavy (non-hydrogen) atoms. The lowest BCUT2D eigenvalue weighted by molar-refractivity contribution is 1.46. The summed E-state index contributed by atoms with van der Waals surface area (Å²) in [4.78, 5) is 13.4. The molecule has 3 heteroatoms. The van der Waals surface area contributed by atoms with E-state index in [0.29, 0.717) is 0 Å². The fourth-order valence-electron chi connectivity index (χ4n) is 3.70. The highest BCUT2D eigenvalue weighted by molar-refractivity contribution is 5.95. The van der Waals surface area contributed by atoms with Crippen LogP contribution in [0.5, 0.6) is 0 Å². The molecule has 0 aliphatic rings. The van der Waals surface area contributed by atoms with E-state index in [1.54, 1.807) is 0 Å². The molecule has 152 valence electrons. The predicted octanol–water partition coefficient (Wildman–Crippen LogP) is 7.78. The van der Waals surface area contributed by atoms with Gasteiger partial charge in [0, 0.05) is 17.0 Å². The molecular weight excluding hydrogens is 390 g/mol. The van der Waals surface area contributed by atoms with E-state index < -0.39 is 0 Å². The minimum Gasteiger partial charge on any atom is -0.265 e. The van der Waals surface area contributed by atoms with Gasteiger partial charge in [0.05, 0.1) is 22.4 Å². The second-order valence-corrected chi connectivity index (χ2v) is 7.61. The van der Waals surface area contributed by atoms with Crippen molar-refractivity contribution in [2.45, 2.75) is 0 Å². The Morgan fingerprint density at radius 3 is 1.78 bits per heavy atom. The van der Waals surface area contributed by atoms with E-state index in [1.807, 2.05) is 42.6 Å². The van der Waals surface area contributed by atoms with E-state index in [1.165, 1.54) is 11.1 Å². The highest BCUT2D eigenvalue weighted by Crippen LogP contribution is 2.26. The summed E-state index contributed by atoms with van der Waals surface area (Å²) in [6.07, 6.45) is 3.73. The van der Waals surface area contributed by atoms with Crippen molar-refractivity contribution in [1.82, 2.24) is 4.98 Å². The summed E-state index contributed by atoms with van der Waals surface area (Å²) < 4.78 is 0. The maximum atomic E-state index is 4.79. The summed E-state index contributed by atoms with van der Waals surface area (Å²) in [5, 5.41) is 2.17. The zero-order valence-corrected chi connectivity index (χ0v) is 17.6. The number of pyridine rings is 1. The largest absolute Gasteiger partial charge is 0.265 e. The molecule has 0 bridgehead atoms. The van der Waals surface area contributed by atoms with Crippen LogP contribution in [0.3, 0.4) is 0 Å². The zero-order chi connectivity index (χ0) is 21.9. The first-order chi connectivity index (χ1) is 15.7. The molecule has 4 aromatic carbocycles.